The Morgan fingerprint density at radius 3 is 2.52 bits per heavy atom. The van der Waals surface area contributed by atoms with Crippen LogP contribution in [0.3, 0.4) is 0 Å². The molecule has 1 amide bonds. The first-order valence-corrected chi connectivity index (χ1v) is 8.02. The van der Waals surface area contributed by atoms with Gasteiger partial charge in [0.1, 0.15) is 0 Å². The van der Waals surface area contributed by atoms with E-state index >= 15 is 0 Å². The summed E-state index contributed by atoms with van der Waals surface area (Å²) in [6, 6.07) is 7.58. The quantitative estimate of drug-likeness (QED) is 0.421. The molecule has 0 heterocycles. The number of halogens is 1. The second kappa shape index (κ2) is 9.67. The van der Waals surface area contributed by atoms with Crippen LogP contribution >= 0.6 is 34.8 Å². The van der Waals surface area contributed by atoms with Crippen LogP contribution in [-0.2, 0) is 14.3 Å². The topological polar surface area (TPSA) is 67.4 Å². The van der Waals surface area contributed by atoms with Gasteiger partial charge in [-0.1, -0.05) is 6.92 Å². The molecule has 1 rings (SSSR count). The van der Waals surface area contributed by atoms with Gasteiger partial charge in [-0.15, -0.1) is 0 Å². The summed E-state index contributed by atoms with van der Waals surface area (Å²) in [5.74, 6) is -0.685. The molecule has 0 atom stereocenters. The largest absolute Gasteiger partial charge is 0.466 e. The van der Waals surface area contributed by atoms with Crippen LogP contribution < -0.4 is 10.6 Å². The van der Waals surface area contributed by atoms with Gasteiger partial charge in [0, 0.05) is 15.7 Å². The molecule has 0 aliphatic heterocycles. The Balaban J connectivity index is 2.29. The van der Waals surface area contributed by atoms with Crippen LogP contribution in [0.15, 0.2) is 24.3 Å². The summed E-state index contributed by atoms with van der Waals surface area (Å²) in [5, 5.41) is 5.64. The minimum atomic E-state index is -0.372. The van der Waals surface area contributed by atoms with E-state index in [4.69, 9.17) is 17.0 Å². The summed E-state index contributed by atoms with van der Waals surface area (Å²) in [7, 11) is 0. The fraction of sp³-hybridized carbons (Fsp3) is 0.357. The highest BCUT2D eigenvalue weighted by atomic mass is 127. The monoisotopic (exact) mass is 420 g/mol. The molecule has 5 nitrogen and oxygen atoms in total. The second-order valence-corrected chi connectivity index (χ2v) is 5.88. The SMILES string of the molecule is CCCOC(=O)CCC(=O)NC(=S)Nc1ccc(I)cc1. The van der Waals surface area contributed by atoms with Crippen LogP contribution in [0.1, 0.15) is 26.2 Å². The number of carbonyl (C=O) groups excluding carboxylic acids is 2. The molecule has 0 saturated carbocycles. The molecule has 1 aromatic carbocycles. The number of esters is 1. The number of benzene rings is 1. The Labute approximate surface area is 143 Å². The highest BCUT2D eigenvalue weighted by Crippen LogP contribution is 2.10. The van der Waals surface area contributed by atoms with Gasteiger partial charge in [-0.3, -0.25) is 9.59 Å². The van der Waals surface area contributed by atoms with Gasteiger partial charge in [-0.25, -0.2) is 0 Å². The Morgan fingerprint density at radius 2 is 1.90 bits per heavy atom. The van der Waals surface area contributed by atoms with Gasteiger partial charge in [0.05, 0.1) is 13.0 Å². The maximum absolute atomic E-state index is 11.6. The molecule has 0 spiro atoms. The maximum atomic E-state index is 11.6. The molecule has 0 aliphatic rings. The first-order valence-electron chi connectivity index (χ1n) is 6.53. The minimum absolute atomic E-state index is 0.0526. The first kappa shape index (κ1) is 17.8. The van der Waals surface area contributed by atoms with E-state index in [1.54, 1.807) is 0 Å². The van der Waals surface area contributed by atoms with Crippen LogP contribution in [0.25, 0.3) is 0 Å². The molecular weight excluding hydrogens is 403 g/mol. The van der Waals surface area contributed by atoms with E-state index in [0.717, 1.165) is 15.7 Å². The number of hydrogen-bond acceptors (Lipinski definition) is 4. The van der Waals surface area contributed by atoms with Crippen molar-refractivity contribution in [3.05, 3.63) is 27.8 Å². The molecule has 0 saturated heterocycles. The van der Waals surface area contributed by atoms with Crippen molar-refractivity contribution >= 4 is 57.5 Å². The van der Waals surface area contributed by atoms with Crippen molar-refractivity contribution in [3.63, 3.8) is 0 Å². The minimum Gasteiger partial charge on any atom is -0.466 e. The predicted octanol–water partition coefficient (Wildman–Crippen LogP) is 2.84. The van der Waals surface area contributed by atoms with E-state index in [9.17, 15) is 9.59 Å². The van der Waals surface area contributed by atoms with Gasteiger partial charge in [0.2, 0.25) is 5.91 Å². The lowest BCUT2D eigenvalue weighted by atomic mass is 10.3. The third-order valence-electron chi connectivity index (χ3n) is 2.38. The van der Waals surface area contributed by atoms with Gasteiger partial charge in [-0.05, 0) is 65.5 Å². The molecule has 2 N–H and O–H groups in total. The van der Waals surface area contributed by atoms with E-state index in [0.29, 0.717) is 6.61 Å². The van der Waals surface area contributed by atoms with Crippen molar-refractivity contribution in [2.45, 2.75) is 26.2 Å². The molecular formula is C14H17IN2O3S. The summed E-state index contributed by atoms with van der Waals surface area (Å²) in [5.41, 5.74) is 0.795. The van der Waals surface area contributed by atoms with E-state index in [1.807, 2.05) is 31.2 Å². The number of hydrogen-bond donors (Lipinski definition) is 2. The molecule has 114 valence electrons. The summed E-state index contributed by atoms with van der Waals surface area (Å²) >= 11 is 7.24. The van der Waals surface area contributed by atoms with Crippen LogP contribution in [0.4, 0.5) is 5.69 Å². The molecule has 0 unspecified atom stereocenters. The zero-order valence-corrected chi connectivity index (χ0v) is 14.6. The molecule has 1 aromatic rings. The number of thiocarbonyl (C=S) groups is 1. The fourth-order valence-corrected chi connectivity index (χ4v) is 1.98. The maximum Gasteiger partial charge on any atom is 0.306 e. The fourth-order valence-electron chi connectivity index (χ4n) is 1.39. The number of nitrogens with one attached hydrogen (secondary N) is 2. The van der Waals surface area contributed by atoms with Gasteiger partial charge in [0.15, 0.2) is 5.11 Å². The summed E-state index contributed by atoms with van der Waals surface area (Å²) < 4.78 is 6.00. The second-order valence-electron chi connectivity index (χ2n) is 4.23. The molecule has 0 bridgehead atoms. The van der Waals surface area contributed by atoms with E-state index < -0.39 is 0 Å². The summed E-state index contributed by atoms with van der Waals surface area (Å²) in [6.07, 6.45) is 0.872. The number of rotatable bonds is 6. The molecule has 0 radical (unpaired) electrons. The lowest BCUT2D eigenvalue weighted by molar-refractivity contribution is -0.144. The third kappa shape index (κ3) is 7.96. The van der Waals surface area contributed by atoms with E-state index in [1.165, 1.54) is 0 Å². The standard InChI is InChI=1S/C14H17IN2O3S/c1-2-9-20-13(19)8-7-12(18)17-14(21)16-11-5-3-10(15)4-6-11/h3-6H,2,7-9H2,1H3,(H2,16,17,18,21). The lowest BCUT2D eigenvalue weighted by Crippen LogP contribution is -2.34. The third-order valence-corrected chi connectivity index (χ3v) is 3.30. The van der Waals surface area contributed by atoms with Crippen molar-refractivity contribution in [1.82, 2.24) is 5.32 Å². The van der Waals surface area contributed by atoms with Crippen molar-refractivity contribution in [2.24, 2.45) is 0 Å². The molecule has 0 fully saturated rings. The molecule has 7 heteroatoms. The average molecular weight is 420 g/mol. The Morgan fingerprint density at radius 1 is 1.24 bits per heavy atom. The van der Waals surface area contributed by atoms with E-state index in [2.05, 4.69) is 33.2 Å². The van der Waals surface area contributed by atoms with Crippen molar-refractivity contribution in [3.8, 4) is 0 Å². The summed E-state index contributed by atoms with van der Waals surface area (Å²) in [6.45, 7) is 2.29. The summed E-state index contributed by atoms with van der Waals surface area (Å²) in [4.78, 5) is 22.9. The number of anilines is 1. The number of ether oxygens (including phenoxy) is 1. The highest BCUT2D eigenvalue weighted by Gasteiger charge is 2.09. The molecule has 0 aliphatic carbocycles. The van der Waals surface area contributed by atoms with Crippen LogP contribution in [-0.4, -0.2) is 23.6 Å². The predicted molar refractivity (Wildman–Crippen MR) is 94.0 cm³/mol. The van der Waals surface area contributed by atoms with Crippen molar-refractivity contribution in [2.75, 3.05) is 11.9 Å². The van der Waals surface area contributed by atoms with E-state index in [-0.39, 0.29) is 29.8 Å². The van der Waals surface area contributed by atoms with Crippen molar-refractivity contribution < 1.29 is 14.3 Å². The first-order chi connectivity index (χ1) is 10.0. The molecule has 21 heavy (non-hydrogen) atoms. The average Bonchev–Trinajstić information content (AvgIpc) is 2.45. The van der Waals surface area contributed by atoms with Crippen molar-refractivity contribution in [1.29, 1.82) is 0 Å². The Hall–Kier alpha value is -1.22. The number of amides is 1. The molecule has 0 aromatic heterocycles. The zero-order valence-electron chi connectivity index (χ0n) is 11.6. The van der Waals surface area contributed by atoms with Gasteiger partial charge in [0.25, 0.3) is 0 Å². The highest BCUT2D eigenvalue weighted by molar-refractivity contribution is 14.1. The van der Waals surface area contributed by atoms with Crippen LogP contribution in [0.2, 0.25) is 0 Å². The lowest BCUT2D eigenvalue weighted by Gasteiger charge is -2.09. The smallest absolute Gasteiger partial charge is 0.306 e. The zero-order chi connectivity index (χ0) is 15.7. The van der Waals surface area contributed by atoms with Gasteiger partial charge in [-0.2, -0.15) is 0 Å². The van der Waals surface area contributed by atoms with Gasteiger partial charge < -0.3 is 15.4 Å². The Kier molecular flexibility index (Phi) is 8.21. The van der Waals surface area contributed by atoms with Crippen LogP contribution in [0, 0.1) is 3.57 Å². The normalized spacial score (nSPS) is 9.81. The number of carbonyl (C=O) groups is 2. The van der Waals surface area contributed by atoms with Crippen LogP contribution in [0.5, 0.6) is 0 Å². The van der Waals surface area contributed by atoms with Gasteiger partial charge >= 0.3 is 5.97 Å². The Bertz CT molecular complexity index is 505.